The van der Waals surface area contributed by atoms with Crippen LogP contribution in [0.15, 0.2) is 41.0 Å². The third-order valence-corrected chi connectivity index (χ3v) is 3.87. The summed E-state index contributed by atoms with van der Waals surface area (Å²) in [6.45, 7) is 1.11. The van der Waals surface area contributed by atoms with E-state index >= 15 is 0 Å². The van der Waals surface area contributed by atoms with Gasteiger partial charge in [-0.15, -0.1) is 12.4 Å². The second kappa shape index (κ2) is 8.47. The van der Waals surface area contributed by atoms with Crippen molar-refractivity contribution in [2.75, 3.05) is 32.1 Å². The Balaban J connectivity index is 0.00000312. The largest absolute Gasteiger partial charge is 0.395 e. The standard InChI is InChI=1S/C18H19N3O3.ClH/c1-12-15(10-13-4-6-14(7-5-13)20(2)3)17(23)21(8-9-22)18(24)16(12)11-19;/h4-7,10,22H,8-9H2,1-3H3;1H/b15-10+;. The van der Waals surface area contributed by atoms with E-state index in [0.717, 1.165) is 16.2 Å². The maximum Gasteiger partial charge on any atom is 0.271 e. The Morgan fingerprint density at radius 2 is 1.80 bits per heavy atom. The number of carbonyl (C=O) groups is 2. The predicted molar refractivity (Wildman–Crippen MR) is 98.1 cm³/mol. The van der Waals surface area contributed by atoms with Crippen LogP contribution in [0.5, 0.6) is 0 Å². The van der Waals surface area contributed by atoms with Gasteiger partial charge in [0.15, 0.2) is 0 Å². The molecular weight excluding hydrogens is 342 g/mol. The van der Waals surface area contributed by atoms with Crippen LogP contribution in [0.25, 0.3) is 6.08 Å². The molecule has 0 saturated heterocycles. The highest BCUT2D eigenvalue weighted by molar-refractivity contribution is 6.19. The van der Waals surface area contributed by atoms with Gasteiger partial charge in [0.2, 0.25) is 0 Å². The van der Waals surface area contributed by atoms with E-state index in [2.05, 4.69) is 0 Å². The van der Waals surface area contributed by atoms with Gasteiger partial charge in [-0.2, -0.15) is 5.26 Å². The first-order valence-electron chi connectivity index (χ1n) is 7.48. The zero-order valence-electron chi connectivity index (χ0n) is 14.3. The van der Waals surface area contributed by atoms with Crippen molar-refractivity contribution in [2.24, 2.45) is 0 Å². The molecular formula is C18H20ClN3O3. The number of nitriles is 1. The number of aliphatic hydroxyl groups is 1. The molecule has 0 spiro atoms. The van der Waals surface area contributed by atoms with Crippen molar-refractivity contribution in [1.29, 1.82) is 5.26 Å². The Labute approximate surface area is 153 Å². The molecule has 1 N–H and O–H groups in total. The molecule has 2 rings (SSSR count). The number of hydrogen-bond donors (Lipinski definition) is 1. The van der Waals surface area contributed by atoms with Gasteiger partial charge in [-0.1, -0.05) is 12.1 Å². The number of rotatable bonds is 4. The third-order valence-electron chi connectivity index (χ3n) is 3.87. The fourth-order valence-electron chi connectivity index (χ4n) is 2.47. The van der Waals surface area contributed by atoms with Gasteiger partial charge in [0.25, 0.3) is 11.8 Å². The van der Waals surface area contributed by atoms with E-state index in [9.17, 15) is 14.9 Å². The maximum absolute atomic E-state index is 12.6. The molecule has 0 unspecified atom stereocenters. The number of halogens is 1. The van der Waals surface area contributed by atoms with Gasteiger partial charge in [0.05, 0.1) is 13.2 Å². The minimum absolute atomic E-state index is 0. The van der Waals surface area contributed by atoms with E-state index < -0.39 is 11.8 Å². The van der Waals surface area contributed by atoms with Crippen LogP contribution in [0, 0.1) is 11.3 Å². The molecule has 1 aliphatic heterocycles. The third kappa shape index (κ3) is 4.08. The lowest BCUT2D eigenvalue weighted by atomic mass is 9.93. The highest BCUT2D eigenvalue weighted by Gasteiger charge is 2.34. The summed E-state index contributed by atoms with van der Waals surface area (Å²) >= 11 is 0. The van der Waals surface area contributed by atoms with E-state index in [0.29, 0.717) is 5.57 Å². The molecule has 0 aliphatic carbocycles. The van der Waals surface area contributed by atoms with Crippen molar-refractivity contribution in [3.05, 3.63) is 46.5 Å². The Hall–Kier alpha value is -2.62. The van der Waals surface area contributed by atoms with Crippen LogP contribution in [-0.4, -0.2) is 49.1 Å². The highest BCUT2D eigenvalue weighted by Crippen LogP contribution is 2.27. The van der Waals surface area contributed by atoms with Crippen LogP contribution in [0.4, 0.5) is 5.69 Å². The molecule has 0 aromatic heterocycles. The van der Waals surface area contributed by atoms with E-state index in [-0.39, 0.29) is 36.7 Å². The number of anilines is 1. The molecule has 0 bridgehead atoms. The van der Waals surface area contributed by atoms with Crippen LogP contribution < -0.4 is 4.90 Å². The van der Waals surface area contributed by atoms with Crippen molar-refractivity contribution in [3.8, 4) is 6.07 Å². The lowest BCUT2D eigenvalue weighted by Gasteiger charge is -2.26. The van der Waals surface area contributed by atoms with Crippen LogP contribution >= 0.6 is 12.4 Å². The molecule has 7 heteroatoms. The molecule has 6 nitrogen and oxygen atoms in total. The molecule has 132 valence electrons. The highest BCUT2D eigenvalue weighted by atomic mass is 35.5. The topological polar surface area (TPSA) is 84.6 Å². The number of β-amino-alcohol motifs (C(OH)–C–C–N with tert-alkyl or cyclic N) is 1. The molecule has 1 heterocycles. The molecule has 1 aromatic rings. The van der Waals surface area contributed by atoms with E-state index in [1.165, 1.54) is 0 Å². The van der Waals surface area contributed by atoms with Crippen molar-refractivity contribution in [3.63, 3.8) is 0 Å². The smallest absolute Gasteiger partial charge is 0.271 e. The molecule has 0 radical (unpaired) electrons. The SMILES string of the molecule is CC1=C(C#N)C(=O)N(CCO)C(=O)/C1=C/c1ccc(N(C)C)cc1.Cl. The summed E-state index contributed by atoms with van der Waals surface area (Å²) in [6.07, 6.45) is 1.66. The van der Waals surface area contributed by atoms with Crippen molar-refractivity contribution in [2.45, 2.75) is 6.92 Å². The lowest BCUT2D eigenvalue weighted by molar-refractivity contribution is -0.140. The predicted octanol–water partition coefficient (Wildman–Crippen LogP) is 1.76. The first-order valence-corrected chi connectivity index (χ1v) is 7.48. The number of imide groups is 1. The number of benzene rings is 1. The Kier molecular flexibility index (Phi) is 6.92. The fraction of sp³-hybridized carbons (Fsp3) is 0.278. The summed E-state index contributed by atoms with van der Waals surface area (Å²) in [5, 5.41) is 18.3. The summed E-state index contributed by atoms with van der Waals surface area (Å²) in [6, 6.07) is 9.42. The fourth-order valence-corrected chi connectivity index (χ4v) is 2.47. The van der Waals surface area contributed by atoms with Crippen LogP contribution in [0.1, 0.15) is 12.5 Å². The number of nitrogens with zero attached hydrogens (tertiary/aromatic N) is 3. The average Bonchev–Trinajstić information content (AvgIpc) is 2.56. The zero-order chi connectivity index (χ0) is 17.9. The van der Waals surface area contributed by atoms with Gasteiger partial charge >= 0.3 is 0 Å². The minimum Gasteiger partial charge on any atom is -0.395 e. The van der Waals surface area contributed by atoms with Gasteiger partial charge in [0, 0.05) is 25.4 Å². The summed E-state index contributed by atoms with van der Waals surface area (Å²) in [5.74, 6) is -1.16. The molecule has 0 fully saturated rings. The normalized spacial score (nSPS) is 16.0. The maximum atomic E-state index is 12.6. The number of aliphatic hydroxyl groups excluding tert-OH is 1. The Morgan fingerprint density at radius 1 is 1.20 bits per heavy atom. The van der Waals surface area contributed by atoms with Crippen molar-refractivity contribution in [1.82, 2.24) is 4.90 Å². The summed E-state index contributed by atoms with van der Waals surface area (Å²) < 4.78 is 0. The number of hydrogen-bond acceptors (Lipinski definition) is 5. The van der Waals surface area contributed by atoms with E-state index in [1.807, 2.05) is 49.3 Å². The first kappa shape index (κ1) is 20.4. The van der Waals surface area contributed by atoms with Gasteiger partial charge in [-0.05, 0) is 36.3 Å². The second-order valence-electron chi connectivity index (χ2n) is 5.64. The number of amides is 2. The minimum atomic E-state index is -0.658. The second-order valence-corrected chi connectivity index (χ2v) is 5.64. The Bertz CT molecular complexity index is 774. The molecule has 25 heavy (non-hydrogen) atoms. The molecule has 0 saturated carbocycles. The summed E-state index contributed by atoms with van der Waals surface area (Å²) in [7, 11) is 3.87. The van der Waals surface area contributed by atoms with Gasteiger partial charge in [-0.3, -0.25) is 14.5 Å². The van der Waals surface area contributed by atoms with Gasteiger partial charge in [0.1, 0.15) is 11.6 Å². The first-order chi connectivity index (χ1) is 11.4. The number of carbonyl (C=O) groups excluding carboxylic acids is 2. The van der Waals surface area contributed by atoms with Crippen LogP contribution in [-0.2, 0) is 9.59 Å². The van der Waals surface area contributed by atoms with Crippen molar-refractivity contribution < 1.29 is 14.7 Å². The molecule has 1 aromatic carbocycles. The monoisotopic (exact) mass is 361 g/mol. The van der Waals surface area contributed by atoms with Crippen molar-refractivity contribution >= 4 is 36.0 Å². The zero-order valence-corrected chi connectivity index (χ0v) is 15.1. The van der Waals surface area contributed by atoms with E-state index in [1.54, 1.807) is 13.0 Å². The van der Waals surface area contributed by atoms with Gasteiger partial charge < -0.3 is 10.0 Å². The molecule has 2 amide bonds. The summed E-state index contributed by atoms with van der Waals surface area (Å²) in [5.41, 5.74) is 2.39. The molecule has 1 aliphatic rings. The quantitative estimate of drug-likeness (QED) is 0.652. The Morgan fingerprint density at radius 3 is 2.28 bits per heavy atom. The molecule has 0 atom stereocenters. The lowest BCUT2D eigenvalue weighted by Crippen LogP contribution is -2.44. The van der Waals surface area contributed by atoms with Crippen LogP contribution in [0.3, 0.4) is 0 Å². The van der Waals surface area contributed by atoms with Gasteiger partial charge in [-0.25, -0.2) is 0 Å². The van der Waals surface area contributed by atoms with Crippen LogP contribution in [0.2, 0.25) is 0 Å². The van der Waals surface area contributed by atoms with E-state index in [4.69, 9.17) is 5.11 Å². The summed E-state index contributed by atoms with van der Waals surface area (Å²) in [4.78, 5) is 27.6. The average molecular weight is 362 g/mol.